The molecule has 0 atom stereocenters. The zero-order valence-corrected chi connectivity index (χ0v) is 14.5. The van der Waals surface area contributed by atoms with Gasteiger partial charge in [-0.15, -0.1) is 0 Å². The number of fused-ring (bicyclic) bond motifs is 1. The van der Waals surface area contributed by atoms with Gasteiger partial charge in [-0.2, -0.15) is 0 Å². The fraction of sp³-hybridized carbons (Fsp3) is 0.278. The molecule has 5 nitrogen and oxygen atoms in total. The van der Waals surface area contributed by atoms with Crippen LogP contribution in [0.4, 0.5) is 11.4 Å². The van der Waals surface area contributed by atoms with Gasteiger partial charge in [0, 0.05) is 38.4 Å². The summed E-state index contributed by atoms with van der Waals surface area (Å²) in [6, 6.07) is 11.3. The first-order valence-corrected chi connectivity index (χ1v) is 8.10. The molecule has 0 fully saturated rings. The number of benzene rings is 2. The van der Waals surface area contributed by atoms with Gasteiger partial charge in [0.25, 0.3) is 5.91 Å². The van der Waals surface area contributed by atoms with Crippen molar-refractivity contribution in [3.63, 3.8) is 0 Å². The predicted molar refractivity (Wildman–Crippen MR) is 96.9 cm³/mol. The number of nitrogens with zero attached hydrogens (tertiary/aromatic N) is 2. The number of hydrogen-bond acceptors (Lipinski definition) is 4. The Labute approximate surface area is 146 Å². The molecule has 2 N–H and O–H groups in total. The molecule has 0 bridgehead atoms. The minimum absolute atomic E-state index is 0.112. The molecule has 6 heteroatoms. The van der Waals surface area contributed by atoms with E-state index in [1.807, 2.05) is 30.1 Å². The number of ether oxygens (including phenoxy) is 1. The van der Waals surface area contributed by atoms with Gasteiger partial charge in [-0.1, -0.05) is 29.8 Å². The highest BCUT2D eigenvalue weighted by molar-refractivity contribution is 6.33. The van der Waals surface area contributed by atoms with E-state index in [4.69, 9.17) is 22.1 Å². The highest BCUT2D eigenvalue weighted by Crippen LogP contribution is 2.31. The molecule has 0 saturated heterocycles. The summed E-state index contributed by atoms with van der Waals surface area (Å²) < 4.78 is 5.32. The van der Waals surface area contributed by atoms with Gasteiger partial charge in [-0.25, -0.2) is 0 Å². The number of anilines is 2. The second-order valence-corrected chi connectivity index (χ2v) is 6.26. The number of rotatable bonds is 2. The van der Waals surface area contributed by atoms with Crippen LogP contribution in [0.15, 0.2) is 36.4 Å². The molecular formula is C18H20ClN3O2. The Morgan fingerprint density at radius 1 is 1.25 bits per heavy atom. The molecule has 0 unspecified atom stereocenters. The molecule has 126 valence electrons. The molecule has 1 aliphatic heterocycles. The number of likely N-dealkylation sites (N-methyl/N-ethyl adjacent to an activating group) is 1. The van der Waals surface area contributed by atoms with Crippen LogP contribution in [0.1, 0.15) is 15.9 Å². The van der Waals surface area contributed by atoms with Gasteiger partial charge >= 0.3 is 0 Å². The second kappa shape index (κ2) is 6.61. The van der Waals surface area contributed by atoms with E-state index in [9.17, 15) is 4.79 Å². The minimum Gasteiger partial charge on any atom is -0.496 e. The van der Waals surface area contributed by atoms with Crippen molar-refractivity contribution in [2.45, 2.75) is 6.54 Å². The highest BCUT2D eigenvalue weighted by atomic mass is 35.5. The smallest absolute Gasteiger partial charge is 0.258 e. The lowest BCUT2D eigenvalue weighted by molar-refractivity contribution is 0.0748. The summed E-state index contributed by atoms with van der Waals surface area (Å²) in [7, 11) is 3.55. The van der Waals surface area contributed by atoms with Gasteiger partial charge in [0.05, 0.1) is 23.4 Å². The number of para-hydroxylation sites is 1. The lowest BCUT2D eigenvalue weighted by Gasteiger charge is -2.22. The first-order chi connectivity index (χ1) is 11.5. The number of hydrogen-bond donors (Lipinski definition) is 1. The van der Waals surface area contributed by atoms with Gasteiger partial charge in [-0.05, 0) is 17.7 Å². The fourth-order valence-corrected chi connectivity index (χ4v) is 3.11. The summed E-state index contributed by atoms with van der Waals surface area (Å²) in [6.45, 7) is 1.92. The maximum Gasteiger partial charge on any atom is 0.258 e. The first kappa shape index (κ1) is 16.5. The van der Waals surface area contributed by atoms with Crippen molar-refractivity contribution in [1.82, 2.24) is 4.90 Å². The van der Waals surface area contributed by atoms with E-state index in [0.717, 1.165) is 17.8 Å². The van der Waals surface area contributed by atoms with Crippen LogP contribution in [0.3, 0.4) is 0 Å². The second-order valence-electron chi connectivity index (χ2n) is 5.85. The van der Waals surface area contributed by atoms with Crippen molar-refractivity contribution in [2.24, 2.45) is 0 Å². The van der Waals surface area contributed by atoms with E-state index in [0.29, 0.717) is 35.1 Å². The number of carbonyl (C=O) groups is 1. The van der Waals surface area contributed by atoms with Crippen molar-refractivity contribution in [2.75, 3.05) is 37.9 Å². The summed E-state index contributed by atoms with van der Waals surface area (Å²) in [6.07, 6.45) is 0. The minimum atomic E-state index is -0.112. The zero-order valence-electron chi connectivity index (χ0n) is 13.8. The van der Waals surface area contributed by atoms with Crippen LogP contribution >= 0.6 is 11.6 Å². The Morgan fingerprint density at radius 3 is 2.75 bits per heavy atom. The molecule has 0 spiro atoms. The number of nitrogens with two attached hydrogens (primary N) is 1. The average Bonchev–Trinajstić information content (AvgIpc) is 2.76. The number of methoxy groups -OCH3 is 1. The van der Waals surface area contributed by atoms with Crippen LogP contribution in [-0.4, -0.2) is 38.1 Å². The predicted octanol–water partition coefficient (Wildman–Crippen LogP) is 3.02. The van der Waals surface area contributed by atoms with Crippen LogP contribution in [0, 0.1) is 0 Å². The fourth-order valence-electron chi connectivity index (χ4n) is 2.94. The van der Waals surface area contributed by atoms with Gasteiger partial charge in [-0.3, -0.25) is 4.79 Å². The third-order valence-electron chi connectivity index (χ3n) is 4.31. The maximum atomic E-state index is 13.0. The van der Waals surface area contributed by atoms with Gasteiger partial charge in [0.15, 0.2) is 0 Å². The van der Waals surface area contributed by atoms with Crippen molar-refractivity contribution in [1.29, 1.82) is 0 Å². The lowest BCUT2D eigenvalue weighted by atomic mass is 10.1. The molecule has 1 aliphatic rings. The van der Waals surface area contributed by atoms with E-state index in [1.165, 1.54) is 7.11 Å². The quantitative estimate of drug-likeness (QED) is 0.850. The molecule has 2 aromatic rings. The Bertz CT molecular complexity index is 779. The number of amides is 1. The Balaban J connectivity index is 1.95. The van der Waals surface area contributed by atoms with Crippen molar-refractivity contribution < 1.29 is 9.53 Å². The highest BCUT2D eigenvalue weighted by Gasteiger charge is 2.25. The lowest BCUT2D eigenvalue weighted by Crippen LogP contribution is -2.34. The van der Waals surface area contributed by atoms with Crippen molar-refractivity contribution in [3.05, 3.63) is 52.5 Å². The topological polar surface area (TPSA) is 58.8 Å². The largest absolute Gasteiger partial charge is 0.496 e. The summed E-state index contributed by atoms with van der Waals surface area (Å²) in [4.78, 5) is 17.0. The van der Waals surface area contributed by atoms with E-state index >= 15 is 0 Å². The molecule has 0 radical (unpaired) electrons. The summed E-state index contributed by atoms with van der Waals surface area (Å²) in [5.41, 5.74) is 8.90. The van der Waals surface area contributed by atoms with Crippen LogP contribution in [0.2, 0.25) is 5.02 Å². The summed E-state index contributed by atoms with van der Waals surface area (Å²) in [5, 5.41) is 0.353. The molecule has 1 heterocycles. The Morgan fingerprint density at radius 2 is 2.00 bits per heavy atom. The van der Waals surface area contributed by atoms with Crippen LogP contribution in [0.25, 0.3) is 0 Å². The molecule has 24 heavy (non-hydrogen) atoms. The molecule has 3 rings (SSSR count). The summed E-state index contributed by atoms with van der Waals surface area (Å²) >= 11 is 6.10. The third-order valence-corrected chi connectivity index (χ3v) is 4.63. The molecule has 0 aliphatic carbocycles. The van der Waals surface area contributed by atoms with Crippen LogP contribution < -0.4 is 15.4 Å². The van der Waals surface area contributed by atoms with Gasteiger partial charge < -0.3 is 20.3 Å². The first-order valence-electron chi connectivity index (χ1n) is 7.72. The van der Waals surface area contributed by atoms with Crippen LogP contribution in [-0.2, 0) is 6.54 Å². The monoisotopic (exact) mass is 345 g/mol. The van der Waals surface area contributed by atoms with E-state index in [1.54, 1.807) is 12.1 Å². The average molecular weight is 346 g/mol. The molecule has 0 saturated carbocycles. The number of carbonyl (C=O) groups excluding carboxylic acids is 1. The number of nitrogen functional groups attached to an aromatic ring is 1. The van der Waals surface area contributed by atoms with Crippen molar-refractivity contribution >= 4 is 28.9 Å². The van der Waals surface area contributed by atoms with Crippen molar-refractivity contribution in [3.8, 4) is 5.75 Å². The molecule has 2 aromatic carbocycles. The zero-order chi connectivity index (χ0) is 17.3. The van der Waals surface area contributed by atoms with E-state index < -0.39 is 0 Å². The van der Waals surface area contributed by atoms with E-state index in [-0.39, 0.29) is 5.91 Å². The summed E-state index contributed by atoms with van der Waals surface area (Å²) in [5.74, 6) is 0.326. The third kappa shape index (κ3) is 2.99. The molecular weight excluding hydrogens is 326 g/mol. The van der Waals surface area contributed by atoms with Crippen LogP contribution in [0.5, 0.6) is 5.75 Å². The normalized spacial score (nSPS) is 14.1. The Kier molecular flexibility index (Phi) is 4.53. The maximum absolute atomic E-state index is 13.0. The van der Waals surface area contributed by atoms with Gasteiger partial charge in [0.1, 0.15) is 5.75 Å². The van der Waals surface area contributed by atoms with E-state index in [2.05, 4.69) is 11.0 Å². The molecule has 1 amide bonds. The standard InChI is InChI=1S/C18H20ClN3O2/c1-21-7-8-22(11-12-5-3-4-6-16(12)21)18(23)13-9-14(19)15(20)10-17(13)24-2/h3-6,9-10H,7-8,11,20H2,1-2H3. The Hall–Kier alpha value is -2.40. The number of halogens is 1. The van der Waals surface area contributed by atoms with Gasteiger partial charge in [0.2, 0.25) is 0 Å². The molecule has 0 aromatic heterocycles. The SMILES string of the molecule is COc1cc(N)c(Cl)cc1C(=O)N1CCN(C)c2ccccc2C1.